The maximum atomic E-state index is 6.10. The molecule has 1 N–H and O–H groups in total. The minimum atomic E-state index is 0.528. The topological polar surface area (TPSA) is 39.1 Å². The zero-order chi connectivity index (χ0) is 14.8. The van der Waals surface area contributed by atoms with Crippen molar-refractivity contribution in [3.63, 3.8) is 0 Å². The number of nitrogens with one attached hydrogen (secondary N) is 1. The molecule has 5 heteroatoms. The van der Waals surface area contributed by atoms with Crippen LogP contribution in [0.1, 0.15) is 31.4 Å². The Kier molecular flexibility index (Phi) is 4.06. The van der Waals surface area contributed by atoms with Gasteiger partial charge in [0, 0.05) is 18.3 Å². The van der Waals surface area contributed by atoms with Gasteiger partial charge in [-0.15, -0.1) is 0 Å². The van der Waals surface area contributed by atoms with Gasteiger partial charge in [0.25, 0.3) is 0 Å². The van der Waals surface area contributed by atoms with Gasteiger partial charge < -0.3 is 10.1 Å². The van der Waals surface area contributed by atoms with Gasteiger partial charge in [-0.3, -0.25) is 4.57 Å². The molecular formula is C16H20ClN3O. The van der Waals surface area contributed by atoms with Crippen LogP contribution < -0.4 is 10.1 Å². The second-order valence-electron chi connectivity index (χ2n) is 5.52. The summed E-state index contributed by atoms with van der Waals surface area (Å²) in [7, 11) is 1.63. The van der Waals surface area contributed by atoms with Crippen LogP contribution in [0, 0.1) is 6.92 Å². The maximum absolute atomic E-state index is 6.10. The fraction of sp³-hybridized carbons (Fsp3) is 0.438. The molecule has 0 unspecified atom stereocenters. The fourth-order valence-electron chi connectivity index (χ4n) is 2.85. The van der Waals surface area contributed by atoms with Crippen LogP contribution in [0.25, 0.3) is 5.69 Å². The first-order valence-corrected chi connectivity index (χ1v) is 7.71. The Bertz CT molecular complexity index is 632. The Morgan fingerprint density at radius 3 is 2.81 bits per heavy atom. The summed E-state index contributed by atoms with van der Waals surface area (Å²) in [6.45, 7) is 2.00. The third kappa shape index (κ3) is 3.00. The van der Waals surface area contributed by atoms with Crippen molar-refractivity contribution in [2.75, 3.05) is 12.4 Å². The summed E-state index contributed by atoms with van der Waals surface area (Å²) < 4.78 is 7.36. The van der Waals surface area contributed by atoms with E-state index in [4.69, 9.17) is 16.3 Å². The van der Waals surface area contributed by atoms with Crippen molar-refractivity contribution in [1.29, 1.82) is 0 Å². The maximum Gasteiger partial charge on any atom is 0.207 e. The molecule has 0 atom stereocenters. The number of aromatic nitrogens is 2. The van der Waals surface area contributed by atoms with E-state index in [1.807, 2.05) is 31.3 Å². The van der Waals surface area contributed by atoms with Crippen LogP contribution in [0.3, 0.4) is 0 Å². The summed E-state index contributed by atoms with van der Waals surface area (Å²) >= 11 is 6.10. The van der Waals surface area contributed by atoms with Crippen LogP contribution in [-0.4, -0.2) is 22.7 Å². The number of imidazole rings is 1. The molecular weight excluding hydrogens is 286 g/mol. The number of rotatable bonds is 4. The SMILES string of the molecule is COc1cc(-n2cc(C)nc2NC2CCCC2)ccc1Cl. The average molecular weight is 306 g/mol. The van der Waals surface area contributed by atoms with Gasteiger partial charge in [0.15, 0.2) is 0 Å². The van der Waals surface area contributed by atoms with Gasteiger partial charge in [-0.05, 0) is 31.9 Å². The average Bonchev–Trinajstić information content (AvgIpc) is 3.10. The number of anilines is 1. The molecule has 1 aliphatic carbocycles. The first kappa shape index (κ1) is 14.3. The summed E-state index contributed by atoms with van der Waals surface area (Å²) in [6.07, 6.45) is 7.06. The van der Waals surface area contributed by atoms with Gasteiger partial charge in [0.1, 0.15) is 5.75 Å². The Balaban J connectivity index is 1.93. The highest BCUT2D eigenvalue weighted by Crippen LogP contribution is 2.29. The van der Waals surface area contributed by atoms with Crippen molar-refractivity contribution in [2.45, 2.75) is 38.6 Å². The van der Waals surface area contributed by atoms with Crippen LogP contribution in [-0.2, 0) is 0 Å². The predicted molar refractivity (Wildman–Crippen MR) is 85.7 cm³/mol. The van der Waals surface area contributed by atoms with Crippen molar-refractivity contribution < 1.29 is 4.74 Å². The zero-order valence-electron chi connectivity index (χ0n) is 12.4. The predicted octanol–water partition coefficient (Wildman–Crippen LogP) is 4.20. The molecule has 0 radical (unpaired) electrons. The summed E-state index contributed by atoms with van der Waals surface area (Å²) in [5, 5.41) is 4.17. The molecule has 3 rings (SSSR count). The number of hydrogen-bond acceptors (Lipinski definition) is 3. The Morgan fingerprint density at radius 2 is 2.10 bits per heavy atom. The molecule has 0 spiro atoms. The van der Waals surface area contributed by atoms with E-state index >= 15 is 0 Å². The van der Waals surface area contributed by atoms with E-state index in [9.17, 15) is 0 Å². The monoisotopic (exact) mass is 305 g/mol. The van der Waals surface area contributed by atoms with Crippen LogP contribution in [0.5, 0.6) is 5.75 Å². The molecule has 0 saturated heterocycles. The van der Waals surface area contributed by atoms with Crippen LogP contribution >= 0.6 is 11.6 Å². The summed E-state index contributed by atoms with van der Waals surface area (Å²) in [6, 6.07) is 6.29. The molecule has 1 aliphatic rings. The molecule has 1 aromatic heterocycles. The molecule has 21 heavy (non-hydrogen) atoms. The number of halogens is 1. The molecule has 1 saturated carbocycles. The van der Waals surface area contributed by atoms with Crippen LogP contribution in [0.2, 0.25) is 5.02 Å². The minimum absolute atomic E-state index is 0.528. The Hall–Kier alpha value is -1.68. The first-order valence-electron chi connectivity index (χ1n) is 7.34. The molecule has 112 valence electrons. The van der Waals surface area contributed by atoms with Crippen LogP contribution in [0.15, 0.2) is 24.4 Å². The number of nitrogens with zero attached hydrogens (tertiary/aromatic N) is 2. The summed E-state index contributed by atoms with van der Waals surface area (Å²) in [4.78, 5) is 4.61. The molecule has 0 bridgehead atoms. The van der Waals surface area contributed by atoms with E-state index in [1.165, 1.54) is 25.7 Å². The third-order valence-electron chi connectivity index (χ3n) is 3.93. The van der Waals surface area contributed by atoms with E-state index in [2.05, 4.69) is 14.9 Å². The van der Waals surface area contributed by atoms with E-state index in [-0.39, 0.29) is 0 Å². The highest BCUT2D eigenvalue weighted by molar-refractivity contribution is 6.32. The lowest BCUT2D eigenvalue weighted by Gasteiger charge is -2.15. The van der Waals surface area contributed by atoms with E-state index in [1.54, 1.807) is 7.11 Å². The summed E-state index contributed by atoms with van der Waals surface area (Å²) in [5.74, 6) is 1.57. The van der Waals surface area contributed by atoms with Crippen molar-refractivity contribution >= 4 is 17.5 Å². The minimum Gasteiger partial charge on any atom is -0.495 e. The first-order chi connectivity index (χ1) is 10.2. The Morgan fingerprint density at radius 1 is 1.33 bits per heavy atom. The number of methoxy groups -OCH3 is 1. The largest absolute Gasteiger partial charge is 0.495 e. The zero-order valence-corrected chi connectivity index (χ0v) is 13.2. The van der Waals surface area contributed by atoms with Crippen molar-refractivity contribution in [3.05, 3.63) is 35.1 Å². The van der Waals surface area contributed by atoms with Gasteiger partial charge in [0.05, 0.1) is 23.5 Å². The van der Waals surface area contributed by atoms with E-state index in [0.29, 0.717) is 16.8 Å². The second-order valence-corrected chi connectivity index (χ2v) is 5.93. The van der Waals surface area contributed by atoms with Gasteiger partial charge in [0.2, 0.25) is 5.95 Å². The van der Waals surface area contributed by atoms with Crippen LogP contribution in [0.4, 0.5) is 5.95 Å². The molecule has 4 nitrogen and oxygen atoms in total. The highest BCUT2D eigenvalue weighted by Gasteiger charge is 2.18. The van der Waals surface area contributed by atoms with Gasteiger partial charge in [-0.25, -0.2) is 4.98 Å². The molecule has 1 aromatic carbocycles. The fourth-order valence-corrected chi connectivity index (χ4v) is 3.04. The van der Waals surface area contributed by atoms with E-state index in [0.717, 1.165) is 17.3 Å². The normalized spacial score (nSPS) is 15.4. The molecule has 0 aliphatic heterocycles. The van der Waals surface area contributed by atoms with Crippen molar-refractivity contribution in [2.24, 2.45) is 0 Å². The molecule has 0 amide bonds. The molecule has 1 heterocycles. The van der Waals surface area contributed by atoms with Crippen molar-refractivity contribution in [1.82, 2.24) is 9.55 Å². The van der Waals surface area contributed by atoms with Gasteiger partial charge >= 0.3 is 0 Å². The number of ether oxygens (including phenoxy) is 1. The lowest BCUT2D eigenvalue weighted by molar-refractivity contribution is 0.415. The number of hydrogen-bond donors (Lipinski definition) is 1. The lowest BCUT2D eigenvalue weighted by atomic mass is 10.2. The second kappa shape index (κ2) is 5.98. The number of benzene rings is 1. The standard InChI is InChI=1S/C16H20ClN3O/c1-11-10-20(13-7-8-14(17)15(9-13)21-2)16(18-11)19-12-5-3-4-6-12/h7-10,12H,3-6H2,1-2H3,(H,18,19). The quantitative estimate of drug-likeness (QED) is 0.920. The highest BCUT2D eigenvalue weighted by atomic mass is 35.5. The Labute approximate surface area is 130 Å². The number of aryl methyl sites for hydroxylation is 1. The molecule has 1 fully saturated rings. The van der Waals surface area contributed by atoms with Crippen molar-refractivity contribution in [3.8, 4) is 11.4 Å². The summed E-state index contributed by atoms with van der Waals surface area (Å²) in [5.41, 5.74) is 1.99. The van der Waals surface area contributed by atoms with E-state index < -0.39 is 0 Å². The smallest absolute Gasteiger partial charge is 0.207 e. The van der Waals surface area contributed by atoms with Gasteiger partial charge in [-0.2, -0.15) is 0 Å². The lowest BCUT2D eigenvalue weighted by Crippen LogP contribution is -2.17. The third-order valence-corrected chi connectivity index (χ3v) is 4.24. The molecule has 2 aromatic rings. The van der Waals surface area contributed by atoms with Gasteiger partial charge in [-0.1, -0.05) is 24.4 Å².